The van der Waals surface area contributed by atoms with Crippen LogP contribution in [0.4, 0.5) is 5.69 Å². The molecule has 1 atom stereocenters. The second-order valence-electron chi connectivity index (χ2n) is 7.93. The standard InChI is InChI=1S/C24H26N2O4.ClH/c27-15-12-16-6-3-4-13-26(16)14-11-21(28)25-20-10-5-9-19-22(20)24(30)18-8-2-1-7-17(18)23(19)29;/h1-2,5,7-10,16,27H,3-4,6,11-15H2,(H,25,28);1H. The number of nitrogens with one attached hydrogen (secondary N) is 1. The molecule has 2 aromatic carbocycles. The van der Waals surface area contributed by atoms with Crippen LogP contribution >= 0.6 is 12.4 Å². The van der Waals surface area contributed by atoms with E-state index in [0.717, 1.165) is 32.2 Å². The fourth-order valence-corrected chi connectivity index (χ4v) is 4.54. The number of aliphatic hydroxyl groups excluding tert-OH is 1. The van der Waals surface area contributed by atoms with E-state index in [1.165, 1.54) is 0 Å². The summed E-state index contributed by atoms with van der Waals surface area (Å²) in [6, 6.07) is 12.1. The van der Waals surface area contributed by atoms with Crippen molar-refractivity contribution >= 4 is 35.6 Å². The molecule has 1 amide bonds. The monoisotopic (exact) mass is 442 g/mol. The van der Waals surface area contributed by atoms with Crippen LogP contribution in [0.3, 0.4) is 0 Å². The van der Waals surface area contributed by atoms with Crippen LogP contribution < -0.4 is 5.32 Å². The molecule has 1 aliphatic heterocycles. The van der Waals surface area contributed by atoms with Crippen molar-refractivity contribution in [3.63, 3.8) is 0 Å². The number of aliphatic hydroxyl groups is 1. The largest absolute Gasteiger partial charge is 0.396 e. The summed E-state index contributed by atoms with van der Waals surface area (Å²) in [5.41, 5.74) is 1.76. The number of halogens is 1. The number of rotatable bonds is 6. The molecule has 1 fully saturated rings. The number of piperidine rings is 1. The molecule has 1 unspecified atom stereocenters. The number of hydrogen-bond donors (Lipinski definition) is 2. The maximum Gasteiger partial charge on any atom is 0.225 e. The summed E-state index contributed by atoms with van der Waals surface area (Å²) >= 11 is 0. The minimum absolute atomic E-state index is 0. The Morgan fingerprint density at radius 3 is 2.45 bits per heavy atom. The van der Waals surface area contributed by atoms with Crippen molar-refractivity contribution in [2.45, 2.75) is 38.1 Å². The quantitative estimate of drug-likeness (QED) is 0.610. The highest BCUT2D eigenvalue weighted by molar-refractivity contribution is 6.30. The van der Waals surface area contributed by atoms with Gasteiger partial charge in [-0.05, 0) is 31.9 Å². The van der Waals surface area contributed by atoms with Gasteiger partial charge in [0, 0.05) is 42.3 Å². The normalized spacial score (nSPS) is 18.0. The number of carbonyl (C=O) groups excluding carboxylic acids is 3. The Morgan fingerprint density at radius 1 is 1.00 bits per heavy atom. The summed E-state index contributed by atoms with van der Waals surface area (Å²) in [6.45, 7) is 1.70. The molecule has 0 bridgehead atoms. The molecule has 164 valence electrons. The van der Waals surface area contributed by atoms with E-state index in [1.54, 1.807) is 42.5 Å². The number of nitrogens with zero attached hydrogens (tertiary/aromatic N) is 1. The zero-order valence-corrected chi connectivity index (χ0v) is 18.1. The molecule has 0 radical (unpaired) electrons. The first-order chi connectivity index (χ1) is 14.6. The zero-order chi connectivity index (χ0) is 21.1. The minimum Gasteiger partial charge on any atom is -0.396 e. The third-order valence-electron chi connectivity index (χ3n) is 6.06. The molecule has 2 aromatic rings. The lowest BCUT2D eigenvalue weighted by Gasteiger charge is -2.35. The smallest absolute Gasteiger partial charge is 0.225 e. The first kappa shape index (κ1) is 23.1. The van der Waals surface area contributed by atoms with E-state index in [1.807, 2.05) is 0 Å². The van der Waals surface area contributed by atoms with Crippen LogP contribution in [0.1, 0.15) is 63.9 Å². The van der Waals surface area contributed by atoms with Crippen LogP contribution in [-0.4, -0.2) is 53.2 Å². The van der Waals surface area contributed by atoms with E-state index in [9.17, 15) is 19.5 Å². The van der Waals surface area contributed by atoms with Gasteiger partial charge in [-0.1, -0.05) is 42.8 Å². The number of likely N-dealkylation sites (tertiary alicyclic amines) is 1. The molecule has 6 nitrogen and oxygen atoms in total. The number of hydrogen-bond acceptors (Lipinski definition) is 5. The fourth-order valence-electron chi connectivity index (χ4n) is 4.54. The average Bonchev–Trinajstić information content (AvgIpc) is 2.77. The first-order valence-corrected chi connectivity index (χ1v) is 10.6. The molecule has 31 heavy (non-hydrogen) atoms. The van der Waals surface area contributed by atoms with Gasteiger partial charge in [0.25, 0.3) is 0 Å². The second-order valence-corrected chi connectivity index (χ2v) is 7.93. The predicted molar refractivity (Wildman–Crippen MR) is 121 cm³/mol. The average molecular weight is 443 g/mol. The van der Waals surface area contributed by atoms with Crippen molar-refractivity contribution in [3.05, 3.63) is 64.7 Å². The Morgan fingerprint density at radius 2 is 1.71 bits per heavy atom. The Kier molecular flexibility index (Phi) is 7.59. The van der Waals surface area contributed by atoms with E-state index < -0.39 is 0 Å². The van der Waals surface area contributed by atoms with Gasteiger partial charge in [0.1, 0.15) is 0 Å². The molecule has 2 aliphatic rings. The Balaban J connectivity index is 0.00000272. The topological polar surface area (TPSA) is 86.7 Å². The number of carbonyl (C=O) groups is 3. The highest BCUT2D eigenvalue weighted by atomic mass is 35.5. The molecular formula is C24H27ClN2O4. The van der Waals surface area contributed by atoms with Crippen LogP contribution in [-0.2, 0) is 4.79 Å². The molecule has 1 aliphatic carbocycles. The predicted octanol–water partition coefficient (Wildman–Crippen LogP) is 3.45. The van der Waals surface area contributed by atoms with Crippen molar-refractivity contribution in [1.82, 2.24) is 4.90 Å². The lowest BCUT2D eigenvalue weighted by atomic mass is 9.83. The summed E-state index contributed by atoms with van der Waals surface area (Å²) in [7, 11) is 0. The van der Waals surface area contributed by atoms with E-state index in [4.69, 9.17) is 0 Å². The molecule has 2 N–H and O–H groups in total. The number of fused-ring (bicyclic) bond motifs is 2. The second kappa shape index (κ2) is 10.2. The third kappa shape index (κ3) is 4.71. The van der Waals surface area contributed by atoms with Gasteiger partial charge in [-0.3, -0.25) is 19.3 Å². The Bertz CT molecular complexity index is 989. The maximum atomic E-state index is 13.0. The van der Waals surface area contributed by atoms with Crippen molar-refractivity contribution in [3.8, 4) is 0 Å². The third-order valence-corrected chi connectivity index (χ3v) is 6.06. The Hall–Kier alpha value is -2.54. The number of ketones is 2. The number of anilines is 1. The summed E-state index contributed by atoms with van der Waals surface area (Å²) in [4.78, 5) is 40.8. The Labute approximate surface area is 188 Å². The molecule has 0 aromatic heterocycles. The summed E-state index contributed by atoms with van der Waals surface area (Å²) in [5, 5.41) is 12.1. The first-order valence-electron chi connectivity index (χ1n) is 10.6. The number of benzene rings is 2. The maximum absolute atomic E-state index is 13.0. The lowest BCUT2D eigenvalue weighted by molar-refractivity contribution is -0.116. The van der Waals surface area contributed by atoms with Crippen molar-refractivity contribution in [2.75, 3.05) is 25.0 Å². The van der Waals surface area contributed by atoms with Gasteiger partial charge in [-0.15, -0.1) is 12.4 Å². The summed E-state index contributed by atoms with van der Waals surface area (Å²) < 4.78 is 0. The van der Waals surface area contributed by atoms with Gasteiger partial charge in [0.2, 0.25) is 5.91 Å². The van der Waals surface area contributed by atoms with Gasteiger partial charge in [-0.25, -0.2) is 0 Å². The van der Waals surface area contributed by atoms with Gasteiger partial charge >= 0.3 is 0 Å². The van der Waals surface area contributed by atoms with Crippen LogP contribution in [0, 0.1) is 0 Å². The summed E-state index contributed by atoms with van der Waals surface area (Å²) in [6.07, 6.45) is 4.32. The highest BCUT2D eigenvalue weighted by Crippen LogP contribution is 2.32. The molecule has 0 saturated carbocycles. The lowest BCUT2D eigenvalue weighted by Crippen LogP contribution is -2.41. The SMILES string of the molecule is Cl.O=C(CCN1CCCCC1CCO)Nc1cccc2c1C(=O)c1ccccc1C2=O. The fraction of sp³-hybridized carbons (Fsp3) is 0.375. The van der Waals surface area contributed by atoms with Crippen LogP contribution in [0.2, 0.25) is 0 Å². The van der Waals surface area contributed by atoms with Gasteiger partial charge in [-0.2, -0.15) is 0 Å². The molecule has 1 heterocycles. The van der Waals surface area contributed by atoms with E-state index in [0.29, 0.717) is 41.4 Å². The minimum atomic E-state index is -0.241. The summed E-state index contributed by atoms with van der Waals surface area (Å²) in [5.74, 6) is -0.623. The molecule has 7 heteroatoms. The molecular weight excluding hydrogens is 416 g/mol. The van der Waals surface area contributed by atoms with E-state index >= 15 is 0 Å². The molecule has 1 saturated heterocycles. The molecule has 0 spiro atoms. The van der Waals surface area contributed by atoms with Gasteiger partial charge in [0.05, 0.1) is 11.3 Å². The van der Waals surface area contributed by atoms with Gasteiger partial charge in [0.15, 0.2) is 11.6 Å². The van der Waals surface area contributed by atoms with Crippen LogP contribution in [0.25, 0.3) is 0 Å². The van der Waals surface area contributed by atoms with Crippen molar-refractivity contribution in [1.29, 1.82) is 0 Å². The van der Waals surface area contributed by atoms with Crippen molar-refractivity contribution in [2.24, 2.45) is 0 Å². The van der Waals surface area contributed by atoms with Crippen LogP contribution in [0.5, 0.6) is 0 Å². The van der Waals surface area contributed by atoms with Gasteiger partial charge < -0.3 is 10.4 Å². The highest BCUT2D eigenvalue weighted by Gasteiger charge is 2.31. The van der Waals surface area contributed by atoms with Crippen LogP contribution in [0.15, 0.2) is 42.5 Å². The van der Waals surface area contributed by atoms with E-state index in [-0.39, 0.29) is 42.1 Å². The van der Waals surface area contributed by atoms with E-state index in [2.05, 4.69) is 10.2 Å². The number of amides is 1. The molecule has 4 rings (SSSR count). The van der Waals surface area contributed by atoms with Crippen molar-refractivity contribution < 1.29 is 19.5 Å². The zero-order valence-electron chi connectivity index (χ0n) is 17.3.